The third kappa shape index (κ3) is 6.19. The van der Waals surface area contributed by atoms with Crippen LogP contribution in [0.15, 0.2) is 12.1 Å². The fraction of sp³-hybridized carbons (Fsp3) is 0.760. The second-order valence-electron chi connectivity index (χ2n) is 12.1. The van der Waals surface area contributed by atoms with Crippen LogP contribution in [0.3, 0.4) is 0 Å². The van der Waals surface area contributed by atoms with E-state index in [9.17, 15) is 0 Å². The molecule has 1 aliphatic carbocycles. The second-order valence-corrected chi connectivity index (χ2v) is 22.9. The van der Waals surface area contributed by atoms with Gasteiger partial charge in [0, 0.05) is 9.75 Å². The topological polar surface area (TPSA) is 18.5 Å². The fourth-order valence-corrected chi connectivity index (χ4v) is 6.40. The number of thiophene rings is 1. The Morgan fingerprint density at radius 1 is 0.933 bits per heavy atom. The molecule has 0 bridgehead atoms. The average Bonchev–Trinajstić information content (AvgIpc) is 3.00. The van der Waals surface area contributed by atoms with Crippen LogP contribution in [-0.2, 0) is 22.1 Å². The zero-order chi connectivity index (χ0) is 23.0. The van der Waals surface area contributed by atoms with Gasteiger partial charge in [0.1, 0.15) is 0 Å². The van der Waals surface area contributed by atoms with Crippen molar-refractivity contribution in [2.24, 2.45) is 5.92 Å². The predicted octanol–water partition coefficient (Wildman–Crippen LogP) is 9.00. The minimum atomic E-state index is -1.79. The van der Waals surface area contributed by atoms with E-state index in [-0.39, 0.29) is 10.1 Å². The van der Waals surface area contributed by atoms with Crippen LogP contribution in [-0.4, -0.2) is 16.6 Å². The summed E-state index contributed by atoms with van der Waals surface area (Å²) in [6, 6.07) is 2.41. The molecule has 2 rings (SSSR count). The Balaban J connectivity index is 2.30. The van der Waals surface area contributed by atoms with Crippen molar-refractivity contribution in [1.29, 1.82) is 0 Å². The first-order valence-electron chi connectivity index (χ1n) is 11.6. The summed E-state index contributed by atoms with van der Waals surface area (Å²) in [5, 5.41) is 0.454. The van der Waals surface area contributed by atoms with E-state index < -0.39 is 16.6 Å². The van der Waals surface area contributed by atoms with Gasteiger partial charge in [0.2, 0.25) is 0 Å². The molecule has 30 heavy (non-hydrogen) atoms. The lowest BCUT2D eigenvalue weighted by Gasteiger charge is -2.37. The molecule has 0 saturated carbocycles. The van der Waals surface area contributed by atoms with Gasteiger partial charge in [-0.25, -0.2) is 0 Å². The maximum Gasteiger partial charge on any atom is 0.192 e. The quantitative estimate of drug-likeness (QED) is 0.373. The Morgan fingerprint density at radius 3 is 1.97 bits per heavy atom. The van der Waals surface area contributed by atoms with Crippen molar-refractivity contribution in [2.75, 3.05) is 0 Å². The molecule has 5 heteroatoms. The van der Waals surface area contributed by atoms with Crippen LogP contribution in [0.25, 0.3) is 5.57 Å². The molecule has 0 spiro atoms. The van der Waals surface area contributed by atoms with Crippen LogP contribution in [0.4, 0.5) is 0 Å². The van der Waals surface area contributed by atoms with E-state index in [0.29, 0.717) is 12.5 Å². The maximum absolute atomic E-state index is 6.63. The van der Waals surface area contributed by atoms with Crippen LogP contribution < -0.4 is 0 Å². The van der Waals surface area contributed by atoms with E-state index in [1.165, 1.54) is 34.6 Å². The Bertz CT molecular complexity index is 701. The third-order valence-electron chi connectivity index (χ3n) is 7.68. The van der Waals surface area contributed by atoms with E-state index in [1.807, 2.05) is 11.3 Å². The molecule has 2 nitrogen and oxygen atoms in total. The van der Waals surface area contributed by atoms with Crippen molar-refractivity contribution in [2.45, 2.75) is 117 Å². The molecule has 1 atom stereocenters. The summed E-state index contributed by atoms with van der Waals surface area (Å²) in [6.45, 7) is 27.1. The summed E-state index contributed by atoms with van der Waals surface area (Å²) in [6.07, 6.45) is 6.30. The van der Waals surface area contributed by atoms with Gasteiger partial charge in [0.25, 0.3) is 0 Å². The Hall–Kier alpha value is -0.206. The zero-order valence-electron chi connectivity index (χ0n) is 21.5. The largest absolute Gasteiger partial charge is 0.413 e. The van der Waals surface area contributed by atoms with E-state index >= 15 is 0 Å². The summed E-state index contributed by atoms with van der Waals surface area (Å²) in [4.78, 5) is 2.80. The monoisotopic (exact) mass is 466 g/mol. The molecule has 0 fully saturated rings. The SMILES string of the molecule is CC1CCCC=C1c1cc(CO[Si](C)(C)C(C)(C)C)c(CO[Si](C)(C)C(C)(C)C)s1. The van der Waals surface area contributed by atoms with Gasteiger partial charge < -0.3 is 8.85 Å². The van der Waals surface area contributed by atoms with Gasteiger partial charge in [-0.3, -0.25) is 0 Å². The van der Waals surface area contributed by atoms with Crippen LogP contribution in [0.1, 0.15) is 83.0 Å². The van der Waals surface area contributed by atoms with E-state index in [1.54, 1.807) is 5.57 Å². The summed E-state index contributed by atoms with van der Waals surface area (Å²) in [7, 11) is -3.57. The number of allylic oxidation sites excluding steroid dienone is 2. The first kappa shape index (κ1) is 26.0. The van der Waals surface area contributed by atoms with Gasteiger partial charge in [-0.15, -0.1) is 11.3 Å². The van der Waals surface area contributed by atoms with Gasteiger partial charge >= 0.3 is 0 Å². The lowest BCUT2D eigenvalue weighted by molar-refractivity contribution is 0.260. The zero-order valence-corrected chi connectivity index (χ0v) is 24.3. The number of hydrogen-bond donors (Lipinski definition) is 0. The van der Waals surface area contributed by atoms with Gasteiger partial charge in [0.15, 0.2) is 16.6 Å². The summed E-state index contributed by atoms with van der Waals surface area (Å²) < 4.78 is 13.3. The smallest absolute Gasteiger partial charge is 0.192 e. The van der Waals surface area contributed by atoms with Crippen LogP contribution in [0.2, 0.25) is 36.3 Å². The molecule has 0 radical (unpaired) electrons. The molecule has 0 N–H and O–H groups in total. The number of hydrogen-bond acceptors (Lipinski definition) is 3. The molecule has 1 unspecified atom stereocenters. The van der Waals surface area contributed by atoms with Crippen molar-refractivity contribution >= 4 is 33.5 Å². The molecule has 1 aromatic heterocycles. The fourth-order valence-electron chi connectivity index (χ4n) is 3.17. The highest BCUT2D eigenvalue weighted by atomic mass is 32.1. The second kappa shape index (κ2) is 9.34. The standard InChI is InChI=1S/C25H46O2SSi2/c1-19-14-12-13-15-21(19)22-16-20(17-26-29(8,9)24(2,3)4)23(28-22)18-27-30(10,11)25(5,6)7/h15-16,19H,12-14,17-18H2,1-11H3. The molecule has 0 saturated heterocycles. The third-order valence-corrected chi connectivity index (χ3v) is 17.8. The molecule has 0 amide bonds. The molecular formula is C25H46O2SSi2. The average molecular weight is 467 g/mol. The molecule has 0 aromatic carbocycles. The van der Waals surface area contributed by atoms with Crippen molar-refractivity contribution in [3.8, 4) is 0 Å². The Labute approximate surface area is 192 Å². The Kier molecular flexibility index (Phi) is 8.11. The molecule has 172 valence electrons. The van der Waals surface area contributed by atoms with Crippen molar-refractivity contribution in [3.63, 3.8) is 0 Å². The minimum absolute atomic E-state index is 0.226. The molecule has 1 aliphatic rings. The normalized spacial score (nSPS) is 19.2. The van der Waals surface area contributed by atoms with E-state index in [2.05, 4.69) is 86.8 Å². The highest BCUT2D eigenvalue weighted by molar-refractivity contribution is 7.13. The lowest BCUT2D eigenvalue weighted by atomic mass is 9.88. The summed E-state index contributed by atoms with van der Waals surface area (Å²) >= 11 is 1.94. The van der Waals surface area contributed by atoms with Crippen LogP contribution >= 0.6 is 11.3 Å². The van der Waals surface area contributed by atoms with Gasteiger partial charge in [0.05, 0.1) is 13.2 Å². The van der Waals surface area contributed by atoms with Gasteiger partial charge in [-0.05, 0) is 78.6 Å². The van der Waals surface area contributed by atoms with Gasteiger partial charge in [-0.2, -0.15) is 0 Å². The molecular weight excluding hydrogens is 421 g/mol. The lowest BCUT2D eigenvalue weighted by Crippen LogP contribution is -2.41. The minimum Gasteiger partial charge on any atom is -0.413 e. The highest BCUT2D eigenvalue weighted by Gasteiger charge is 2.39. The van der Waals surface area contributed by atoms with Crippen LogP contribution in [0, 0.1) is 5.92 Å². The maximum atomic E-state index is 6.63. The first-order valence-corrected chi connectivity index (χ1v) is 18.3. The summed E-state index contributed by atoms with van der Waals surface area (Å²) in [5.41, 5.74) is 2.88. The van der Waals surface area contributed by atoms with E-state index in [0.717, 1.165) is 6.61 Å². The van der Waals surface area contributed by atoms with Crippen molar-refractivity contribution in [3.05, 3.63) is 27.5 Å². The van der Waals surface area contributed by atoms with Crippen LogP contribution in [0.5, 0.6) is 0 Å². The number of rotatable bonds is 7. The molecule has 1 aromatic rings. The predicted molar refractivity (Wildman–Crippen MR) is 139 cm³/mol. The Morgan fingerprint density at radius 2 is 1.47 bits per heavy atom. The molecule has 1 heterocycles. The summed E-state index contributed by atoms with van der Waals surface area (Å²) in [5.74, 6) is 0.653. The molecule has 0 aliphatic heterocycles. The highest BCUT2D eigenvalue weighted by Crippen LogP contribution is 2.42. The van der Waals surface area contributed by atoms with Gasteiger partial charge in [-0.1, -0.05) is 54.5 Å². The first-order chi connectivity index (χ1) is 13.6. The van der Waals surface area contributed by atoms with Crippen molar-refractivity contribution < 1.29 is 8.85 Å². The van der Waals surface area contributed by atoms with E-state index in [4.69, 9.17) is 8.85 Å². The van der Waals surface area contributed by atoms with Crippen molar-refractivity contribution in [1.82, 2.24) is 0 Å².